The van der Waals surface area contributed by atoms with Gasteiger partial charge in [0, 0.05) is 0 Å². The Morgan fingerprint density at radius 1 is 1.56 bits per heavy atom. The van der Waals surface area contributed by atoms with E-state index < -0.39 is 0 Å². The van der Waals surface area contributed by atoms with Crippen LogP contribution in [0.3, 0.4) is 0 Å². The standard InChI is InChI=1S/C10H13ClN2O3/c1-15-9-3-2-7(4-8(9)11)5-16-6-10(14)13-12/h2-4H,5-6,12H2,1H3,(H,13,14). The Bertz CT molecular complexity index is 371. The third-order valence-electron chi connectivity index (χ3n) is 1.88. The number of methoxy groups -OCH3 is 1. The summed E-state index contributed by atoms with van der Waals surface area (Å²) < 4.78 is 10.1. The van der Waals surface area contributed by atoms with Crippen molar-refractivity contribution in [2.24, 2.45) is 5.84 Å². The van der Waals surface area contributed by atoms with Crippen molar-refractivity contribution in [2.75, 3.05) is 13.7 Å². The van der Waals surface area contributed by atoms with Gasteiger partial charge in [0.05, 0.1) is 18.7 Å². The first-order valence-corrected chi connectivity index (χ1v) is 4.94. The maximum Gasteiger partial charge on any atom is 0.259 e. The lowest BCUT2D eigenvalue weighted by atomic mass is 10.2. The fourth-order valence-electron chi connectivity index (χ4n) is 1.10. The Labute approximate surface area is 98.4 Å². The van der Waals surface area contributed by atoms with Crippen LogP contribution in [0.2, 0.25) is 5.02 Å². The molecule has 0 bridgehead atoms. The zero-order valence-corrected chi connectivity index (χ0v) is 9.58. The number of hydrogen-bond acceptors (Lipinski definition) is 4. The summed E-state index contributed by atoms with van der Waals surface area (Å²) in [5.74, 6) is 5.12. The molecule has 0 heterocycles. The number of carbonyl (C=O) groups excluding carboxylic acids is 1. The number of benzene rings is 1. The Kier molecular flexibility index (Phi) is 5.04. The summed E-state index contributed by atoms with van der Waals surface area (Å²) in [7, 11) is 1.54. The number of amides is 1. The molecular weight excluding hydrogens is 232 g/mol. The van der Waals surface area contributed by atoms with Gasteiger partial charge in [-0.05, 0) is 17.7 Å². The van der Waals surface area contributed by atoms with Crippen molar-refractivity contribution in [3.63, 3.8) is 0 Å². The number of carbonyl (C=O) groups is 1. The lowest BCUT2D eigenvalue weighted by Gasteiger charge is -2.06. The van der Waals surface area contributed by atoms with E-state index in [2.05, 4.69) is 0 Å². The van der Waals surface area contributed by atoms with Crippen LogP contribution in [0, 0.1) is 0 Å². The molecule has 0 spiro atoms. The SMILES string of the molecule is COc1ccc(COCC(=O)NN)cc1Cl. The molecule has 1 aromatic carbocycles. The van der Waals surface area contributed by atoms with Crippen molar-refractivity contribution in [3.05, 3.63) is 28.8 Å². The molecule has 3 N–H and O–H groups in total. The lowest BCUT2D eigenvalue weighted by Crippen LogP contribution is -2.33. The quantitative estimate of drug-likeness (QED) is 0.458. The number of nitrogens with two attached hydrogens (primary N) is 1. The maximum atomic E-state index is 10.8. The summed E-state index contributed by atoms with van der Waals surface area (Å²) in [6, 6.07) is 5.27. The van der Waals surface area contributed by atoms with Crippen LogP contribution in [-0.4, -0.2) is 19.6 Å². The Hall–Kier alpha value is -1.30. The molecule has 0 aromatic heterocycles. The topological polar surface area (TPSA) is 73.6 Å². The highest BCUT2D eigenvalue weighted by Gasteiger charge is 2.03. The highest BCUT2D eigenvalue weighted by molar-refractivity contribution is 6.32. The van der Waals surface area contributed by atoms with Gasteiger partial charge in [-0.25, -0.2) is 5.84 Å². The van der Waals surface area contributed by atoms with Crippen LogP contribution in [0.5, 0.6) is 5.75 Å². The van der Waals surface area contributed by atoms with E-state index in [9.17, 15) is 4.79 Å². The average molecular weight is 245 g/mol. The molecule has 88 valence electrons. The Morgan fingerprint density at radius 3 is 2.88 bits per heavy atom. The lowest BCUT2D eigenvalue weighted by molar-refractivity contribution is -0.126. The highest BCUT2D eigenvalue weighted by Crippen LogP contribution is 2.25. The van der Waals surface area contributed by atoms with Crippen molar-refractivity contribution in [1.82, 2.24) is 5.43 Å². The maximum absolute atomic E-state index is 10.8. The predicted octanol–water partition coefficient (Wildman–Crippen LogP) is 0.855. The van der Waals surface area contributed by atoms with Crippen LogP contribution < -0.4 is 16.0 Å². The van der Waals surface area contributed by atoms with E-state index >= 15 is 0 Å². The zero-order valence-electron chi connectivity index (χ0n) is 8.83. The Morgan fingerprint density at radius 2 is 2.31 bits per heavy atom. The second-order valence-electron chi connectivity index (χ2n) is 3.03. The summed E-state index contributed by atoms with van der Waals surface area (Å²) in [6.07, 6.45) is 0. The van der Waals surface area contributed by atoms with E-state index in [0.29, 0.717) is 10.8 Å². The van der Waals surface area contributed by atoms with Crippen molar-refractivity contribution in [1.29, 1.82) is 0 Å². The molecule has 5 nitrogen and oxygen atoms in total. The minimum absolute atomic E-state index is 0.0832. The number of rotatable bonds is 5. The third kappa shape index (κ3) is 3.69. The molecule has 0 aliphatic heterocycles. The number of nitrogens with one attached hydrogen (secondary N) is 1. The van der Waals surface area contributed by atoms with Gasteiger partial charge in [-0.2, -0.15) is 0 Å². The molecule has 0 unspecified atom stereocenters. The summed E-state index contributed by atoms with van der Waals surface area (Å²) in [6.45, 7) is 0.206. The molecule has 6 heteroatoms. The molecule has 0 aliphatic rings. The first-order valence-electron chi connectivity index (χ1n) is 4.57. The minimum atomic E-state index is -0.375. The average Bonchev–Trinajstić information content (AvgIpc) is 2.29. The summed E-state index contributed by atoms with van der Waals surface area (Å²) >= 11 is 5.92. The van der Waals surface area contributed by atoms with Gasteiger partial charge in [-0.1, -0.05) is 17.7 Å². The van der Waals surface area contributed by atoms with Gasteiger partial charge >= 0.3 is 0 Å². The molecule has 1 rings (SSSR count). The van der Waals surface area contributed by atoms with Crippen LogP contribution in [0.1, 0.15) is 5.56 Å². The van der Waals surface area contributed by atoms with Crippen LogP contribution in [0.25, 0.3) is 0 Å². The predicted molar refractivity (Wildman–Crippen MR) is 60.0 cm³/mol. The summed E-state index contributed by atoms with van der Waals surface area (Å²) in [5.41, 5.74) is 2.83. The van der Waals surface area contributed by atoms with Crippen LogP contribution in [0.4, 0.5) is 0 Å². The smallest absolute Gasteiger partial charge is 0.259 e. The monoisotopic (exact) mass is 244 g/mol. The van der Waals surface area contributed by atoms with Crippen LogP contribution in [-0.2, 0) is 16.1 Å². The molecular formula is C10H13ClN2O3. The van der Waals surface area contributed by atoms with E-state index in [0.717, 1.165) is 5.56 Å². The molecule has 0 atom stereocenters. The molecule has 1 aromatic rings. The van der Waals surface area contributed by atoms with Gasteiger partial charge in [0.2, 0.25) is 0 Å². The molecule has 0 aliphatic carbocycles. The van der Waals surface area contributed by atoms with E-state index in [1.165, 1.54) is 0 Å². The molecule has 0 saturated carbocycles. The van der Waals surface area contributed by atoms with Gasteiger partial charge in [0.1, 0.15) is 12.4 Å². The molecule has 1 amide bonds. The second-order valence-corrected chi connectivity index (χ2v) is 3.44. The van der Waals surface area contributed by atoms with Crippen LogP contribution >= 0.6 is 11.6 Å². The minimum Gasteiger partial charge on any atom is -0.495 e. The number of hydrogen-bond donors (Lipinski definition) is 2. The summed E-state index contributed by atoms with van der Waals surface area (Å²) in [4.78, 5) is 10.8. The van der Waals surface area contributed by atoms with Gasteiger partial charge in [0.15, 0.2) is 0 Å². The van der Waals surface area contributed by atoms with E-state index in [-0.39, 0.29) is 19.1 Å². The molecule has 0 saturated heterocycles. The van der Waals surface area contributed by atoms with Crippen molar-refractivity contribution in [2.45, 2.75) is 6.61 Å². The first-order chi connectivity index (χ1) is 7.67. The second kappa shape index (κ2) is 6.32. The fraction of sp³-hybridized carbons (Fsp3) is 0.300. The van der Waals surface area contributed by atoms with Gasteiger partial charge in [-0.15, -0.1) is 0 Å². The molecule has 0 fully saturated rings. The normalized spacial score (nSPS) is 9.94. The van der Waals surface area contributed by atoms with E-state index in [4.69, 9.17) is 26.9 Å². The highest BCUT2D eigenvalue weighted by atomic mass is 35.5. The summed E-state index contributed by atoms with van der Waals surface area (Å²) in [5, 5.41) is 0.506. The van der Waals surface area contributed by atoms with Crippen molar-refractivity contribution in [3.8, 4) is 5.75 Å². The van der Waals surface area contributed by atoms with Gasteiger partial charge in [-0.3, -0.25) is 10.2 Å². The zero-order chi connectivity index (χ0) is 12.0. The van der Waals surface area contributed by atoms with Crippen molar-refractivity contribution < 1.29 is 14.3 Å². The molecule has 16 heavy (non-hydrogen) atoms. The Balaban J connectivity index is 2.49. The largest absolute Gasteiger partial charge is 0.495 e. The van der Waals surface area contributed by atoms with Gasteiger partial charge < -0.3 is 9.47 Å². The number of hydrazine groups is 1. The van der Waals surface area contributed by atoms with E-state index in [1.54, 1.807) is 19.2 Å². The van der Waals surface area contributed by atoms with Crippen LogP contribution in [0.15, 0.2) is 18.2 Å². The van der Waals surface area contributed by atoms with Gasteiger partial charge in [0.25, 0.3) is 5.91 Å². The third-order valence-corrected chi connectivity index (χ3v) is 2.17. The number of halogens is 1. The van der Waals surface area contributed by atoms with E-state index in [1.807, 2.05) is 11.5 Å². The fourth-order valence-corrected chi connectivity index (χ4v) is 1.38. The molecule has 0 radical (unpaired) electrons. The van der Waals surface area contributed by atoms with Crippen molar-refractivity contribution >= 4 is 17.5 Å². The first kappa shape index (κ1) is 12.8. The number of ether oxygens (including phenoxy) is 2.